The lowest BCUT2D eigenvalue weighted by molar-refractivity contribution is 0.680. The highest BCUT2D eigenvalue weighted by atomic mass is 14.8. The summed E-state index contributed by atoms with van der Waals surface area (Å²) in [5, 5.41) is 0. The van der Waals surface area contributed by atoms with Gasteiger partial charge in [0.1, 0.15) is 0 Å². The van der Waals surface area contributed by atoms with Gasteiger partial charge in [-0.25, -0.2) is 0 Å². The van der Waals surface area contributed by atoms with E-state index in [2.05, 4.69) is 37.7 Å². The van der Waals surface area contributed by atoms with E-state index in [1.165, 1.54) is 5.71 Å². The van der Waals surface area contributed by atoms with E-state index in [0.717, 1.165) is 5.70 Å². The molecular weight excluding hydrogens is 160 g/mol. The van der Waals surface area contributed by atoms with Gasteiger partial charge < -0.3 is 0 Å². The molecule has 0 bridgehead atoms. The minimum atomic E-state index is -0.0115. The van der Waals surface area contributed by atoms with Gasteiger partial charge in [0.05, 0.1) is 5.70 Å². The fourth-order valence-electron chi connectivity index (χ4n) is 1.59. The standard InChI is InChI=1S/C11H18N2/c1-8(2)10-11(4,5)7-13-9(3)6-12-10/h6-8H,1-5H3. The zero-order chi connectivity index (χ0) is 10.1. The molecule has 0 aromatic carbocycles. The van der Waals surface area contributed by atoms with Crippen LogP contribution in [-0.4, -0.2) is 11.9 Å². The SMILES string of the molecule is CC1=CN=C(C(C)C)C(C)(C)C=N1. The number of rotatable bonds is 1. The van der Waals surface area contributed by atoms with Crippen molar-refractivity contribution in [3.63, 3.8) is 0 Å². The van der Waals surface area contributed by atoms with E-state index >= 15 is 0 Å². The smallest absolute Gasteiger partial charge is 0.0551 e. The van der Waals surface area contributed by atoms with Gasteiger partial charge in [-0.1, -0.05) is 13.8 Å². The molecule has 1 heterocycles. The molecule has 0 aromatic rings. The second kappa shape index (κ2) is 3.44. The molecule has 2 heteroatoms. The van der Waals surface area contributed by atoms with Gasteiger partial charge in [-0.05, 0) is 26.7 Å². The molecule has 1 aliphatic heterocycles. The normalized spacial score (nSPS) is 21.1. The summed E-state index contributed by atoms with van der Waals surface area (Å²) < 4.78 is 0. The number of allylic oxidation sites excluding steroid dienone is 1. The van der Waals surface area contributed by atoms with Gasteiger partial charge in [0.2, 0.25) is 0 Å². The van der Waals surface area contributed by atoms with Crippen molar-refractivity contribution in [3.8, 4) is 0 Å². The predicted octanol–water partition coefficient (Wildman–Crippen LogP) is 3.06. The molecule has 0 amide bonds. The van der Waals surface area contributed by atoms with Crippen LogP contribution in [0.25, 0.3) is 0 Å². The summed E-state index contributed by atoms with van der Waals surface area (Å²) in [6.07, 6.45) is 3.84. The van der Waals surface area contributed by atoms with E-state index in [1.54, 1.807) is 0 Å². The third-order valence-electron chi connectivity index (χ3n) is 2.19. The van der Waals surface area contributed by atoms with Crippen molar-refractivity contribution < 1.29 is 0 Å². The average Bonchev–Trinajstić information content (AvgIpc) is 2.11. The highest BCUT2D eigenvalue weighted by Gasteiger charge is 2.25. The Morgan fingerprint density at radius 2 is 1.92 bits per heavy atom. The Morgan fingerprint density at radius 3 is 2.46 bits per heavy atom. The van der Waals surface area contributed by atoms with Crippen molar-refractivity contribution in [2.45, 2.75) is 34.6 Å². The first-order chi connectivity index (χ1) is 5.93. The topological polar surface area (TPSA) is 24.7 Å². The van der Waals surface area contributed by atoms with E-state index in [4.69, 9.17) is 0 Å². The average molecular weight is 178 g/mol. The fourth-order valence-corrected chi connectivity index (χ4v) is 1.59. The van der Waals surface area contributed by atoms with E-state index in [9.17, 15) is 0 Å². The predicted molar refractivity (Wildman–Crippen MR) is 58.3 cm³/mol. The first-order valence-electron chi connectivity index (χ1n) is 4.73. The molecule has 0 saturated carbocycles. The lowest BCUT2D eigenvalue weighted by Gasteiger charge is -2.23. The summed E-state index contributed by atoms with van der Waals surface area (Å²) in [6, 6.07) is 0. The van der Waals surface area contributed by atoms with Crippen LogP contribution in [0.1, 0.15) is 34.6 Å². The third kappa shape index (κ3) is 2.27. The maximum atomic E-state index is 4.49. The minimum absolute atomic E-state index is 0.0115. The monoisotopic (exact) mass is 178 g/mol. The van der Waals surface area contributed by atoms with Crippen molar-refractivity contribution >= 4 is 11.9 Å². The summed E-state index contributed by atoms with van der Waals surface area (Å²) in [6.45, 7) is 10.6. The van der Waals surface area contributed by atoms with Gasteiger partial charge in [-0.3, -0.25) is 9.98 Å². The number of hydrogen-bond donors (Lipinski definition) is 0. The van der Waals surface area contributed by atoms with Crippen LogP contribution in [0.15, 0.2) is 21.9 Å². The van der Waals surface area contributed by atoms with Gasteiger partial charge in [-0.2, -0.15) is 0 Å². The maximum absolute atomic E-state index is 4.49. The lowest BCUT2D eigenvalue weighted by atomic mass is 9.83. The maximum Gasteiger partial charge on any atom is 0.0551 e. The van der Waals surface area contributed by atoms with Crippen LogP contribution in [0.3, 0.4) is 0 Å². The Morgan fingerprint density at radius 1 is 1.31 bits per heavy atom. The fraction of sp³-hybridized carbons (Fsp3) is 0.636. The van der Waals surface area contributed by atoms with E-state index < -0.39 is 0 Å². The highest BCUT2D eigenvalue weighted by Crippen LogP contribution is 2.23. The summed E-state index contributed by atoms with van der Waals surface area (Å²) in [5.74, 6) is 0.476. The minimum Gasteiger partial charge on any atom is -0.263 e. The van der Waals surface area contributed by atoms with Gasteiger partial charge in [0.25, 0.3) is 0 Å². The molecule has 0 N–H and O–H groups in total. The van der Waals surface area contributed by atoms with Gasteiger partial charge in [0.15, 0.2) is 0 Å². The van der Waals surface area contributed by atoms with Gasteiger partial charge in [-0.15, -0.1) is 0 Å². The van der Waals surface area contributed by atoms with Crippen LogP contribution in [-0.2, 0) is 0 Å². The summed E-state index contributed by atoms with van der Waals surface area (Å²) in [7, 11) is 0. The largest absolute Gasteiger partial charge is 0.263 e. The summed E-state index contributed by atoms with van der Waals surface area (Å²) in [4.78, 5) is 8.82. The molecular formula is C11H18N2. The Bertz CT molecular complexity index is 280. The van der Waals surface area contributed by atoms with E-state index in [1.807, 2.05) is 19.3 Å². The summed E-state index contributed by atoms with van der Waals surface area (Å²) >= 11 is 0. The quantitative estimate of drug-likeness (QED) is 0.589. The zero-order valence-electron chi connectivity index (χ0n) is 9.13. The molecule has 0 spiro atoms. The van der Waals surface area contributed by atoms with Crippen molar-refractivity contribution in [3.05, 3.63) is 11.9 Å². The lowest BCUT2D eigenvalue weighted by Crippen LogP contribution is -2.29. The van der Waals surface area contributed by atoms with Crippen LogP contribution < -0.4 is 0 Å². The molecule has 1 aliphatic rings. The Kier molecular flexibility index (Phi) is 2.69. The van der Waals surface area contributed by atoms with Crippen molar-refractivity contribution in [1.29, 1.82) is 0 Å². The van der Waals surface area contributed by atoms with Crippen LogP contribution in [0, 0.1) is 11.3 Å². The highest BCUT2D eigenvalue weighted by molar-refractivity contribution is 6.04. The zero-order valence-corrected chi connectivity index (χ0v) is 9.13. The molecule has 0 unspecified atom stereocenters. The van der Waals surface area contributed by atoms with Crippen LogP contribution in [0.4, 0.5) is 0 Å². The van der Waals surface area contributed by atoms with E-state index in [-0.39, 0.29) is 5.41 Å². The molecule has 2 nitrogen and oxygen atoms in total. The molecule has 1 rings (SSSR count). The van der Waals surface area contributed by atoms with Crippen LogP contribution in [0.5, 0.6) is 0 Å². The molecule has 13 heavy (non-hydrogen) atoms. The number of aliphatic imine (C=N–C) groups is 2. The first-order valence-corrected chi connectivity index (χ1v) is 4.73. The molecule has 0 aromatic heterocycles. The Hall–Kier alpha value is -0.920. The van der Waals surface area contributed by atoms with Crippen LogP contribution in [0.2, 0.25) is 0 Å². The second-order valence-corrected chi connectivity index (χ2v) is 4.42. The van der Waals surface area contributed by atoms with Crippen LogP contribution >= 0.6 is 0 Å². The number of hydrogen-bond acceptors (Lipinski definition) is 2. The molecule has 0 fully saturated rings. The Labute approximate surface area is 80.5 Å². The van der Waals surface area contributed by atoms with Gasteiger partial charge in [0, 0.05) is 23.5 Å². The van der Waals surface area contributed by atoms with Crippen molar-refractivity contribution in [1.82, 2.24) is 0 Å². The Balaban J connectivity index is 3.09. The molecule has 72 valence electrons. The third-order valence-corrected chi connectivity index (χ3v) is 2.19. The summed E-state index contributed by atoms with van der Waals surface area (Å²) in [5.41, 5.74) is 2.17. The molecule has 0 aliphatic carbocycles. The van der Waals surface area contributed by atoms with E-state index in [0.29, 0.717) is 5.92 Å². The van der Waals surface area contributed by atoms with Gasteiger partial charge >= 0.3 is 0 Å². The second-order valence-electron chi connectivity index (χ2n) is 4.42. The molecule has 0 radical (unpaired) electrons. The number of nitrogens with zero attached hydrogens (tertiary/aromatic N) is 2. The molecule has 0 saturated heterocycles. The first kappa shape index (κ1) is 10.2. The van der Waals surface area contributed by atoms with Crippen molar-refractivity contribution in [2.75, 3.05) is 0 Å². The molecule has 0 atom stereocenters. The van der Waals surface area contributed by atoms with Crippen molar-refractivity contribution in [2.24, 2.45) is 21.3 Å².